The molecule has 30 heavy (non-hydrogen) atoms. The monoisotopic (exact) mass is 425 g/mol. The van der Waals surface area contributed by atoms with E-state index in [1.807, 2.05) is 6.08 Å². The molecule has 0 aromatic rings. The SMILES string of the molecule is CCCCCCCCCCCCC/C=C/C(O)[C@H](CO)NC(=O)CCCCCCC. The Hall–Kier alpha value is -0.870. The number of unbranched alkanes of at least 4 members (excludes halogenated alkanes) is 15. The Bertz CT molecular complexity index is 398. The molecule has 1 unspecified atom stereocenters. The van der Waals surface area contributed by atoms with Gasteiger partial charge in [-0.1, -0.05) is 116 Å². The topological polar surface area (TPSA) is 69.6 Å². The van der Waals surface area contributed by atoms with Crippen LogP contribution in [0.3, 0.4) is 0 Å². The van der Waals surface area contributed by atoms with E-state index in [4.69, 9.17) is 0 Å². The number of amides is 1. The zero-order valence-corrected chi connectivity index (χ0v) is 20.0. The van der Waals surface area contributed by atoms with Crippen LogP contribution in [-0.2, 0) is 4.79 Å². The van der Waals surface area contributed by atoms with E-state index >= 15 is 0 Å². The first-order chi connectivity index (χ1) is 14.7. The van der Waals surface area contributed by atoms with Crippen LogP contribution < -0.4 is 5.32 Å². The van der Waals surface area contributed by atoms with Crippen molar-refractivity contribution in [3.63, 3.8) is 0 Å². The molecule has 2 atom stereocenters. The zero-order valence-electron chi connectivity index (χ0n) is 20.0. The first-order valence-electron chi connectivity index (χ1n) is 12.9. The summed E-state index contributed by atoms with van der Waals surface area (Å²) in [5, 5.41) is 22.5. The van der Waals surface area contributed by atoms with E-state index < -0.39 is 12.1 Å². The molecule has 0 aliphatic heterocycles. The van der Waals surface area contributed by atoms with Gasteiger partial charge in [-0.2, -0.15) is 0 Å². The lowest BCUT2D eigenvalue weighted by atomic mass is 10.0. The van der Waals surface area contributed by atoms with Crippen LogP contribution in [-0.4, -0.2) is 34.9 Å². The predicted octanol–water partition coefficient (Wildman–Crippen LogP) is 6.44. The van der Waals surface area contributed by atoms with Gasteiger partial charge >= 0.3 is 0 Å². The molecule has 0 saturated heterocycles. The molecule has 0 fully saturated rings. The van der Waals surface area contributed by atoms with Gasteiger partial charge in [0.05, 0.1) is 18.8 Å². The van der Waals surface area contributed by atoms with Crippen LogP contribution in [0.4, 0.5) is 0 Å². The second kappa shape index (κ2) is 22.8. The van der Waals surface area contributed by atoms with Crippen molar-refractivity contribution in [2.75, 3.05) is 6.61 Å². The van der Waals surface area contributed by atoms with Crippen LogP contribution >= 0.6 is 0 Å². The lowest BCUT2D eigenvalue weighted by Gasteiger charge is -2.20. The predicted molar refractivity (Wildman–Crippen MR) is 129 cm³/mol. The molecule has 0 aliphatic rings. The highest BCUT2D eigenvalue weighted by Gasteiger charge is 2.17. The number of allylic oxidation sites excluding steroid dienone is 1. The number of rotatable bonds is 22. The molecule has 0 spiro atoms. The maximum Gasteiger partial charge on any atom is 0.220 e. The minimum atomic E-state index is -0.827. The normalized spacial score (nSPS) is 13.6. The molecule has 1 amide bonds. The highest BCUT2D eigenvalue weighted by Crippen LogP contribution is 2.12. The summed E-state index contributed by atoms with van der Waals surface area (Å²) in [5.41, 5.74) is 0. The molecule has 4 heteroatoms. The van der Waals surface area contributed by atoms with Crippen LogP contribution in [0, 0.1) is 0 Å². The van der Waals surface area contributed by atoms with Crippen molar-refractivity contribution in [2.24, 2.45) is 0 Å². The van der Waals surface area contributed by atoms with Crippen LogP contribution in [0.15, 0.2) is 12.2 Å². The number of hydrogen-bond donors (Lipinski definition) is 3. The van der Waals surface area contributed by atoms with Gasteiger partial charge in [0, 0.05) is 6.42 Å². The standard InChI is InChI=1S/C26H51NO3/c1-3-5-7-9-10-11-12-13-14-15-16-18-19-21-25(29)24(23-28)27-26(30)22-20-17-8-6-4-2/h19,21,24-25,28-29H,3-18,20,22-23H2,1-2H3,(H,27,30)/b21-19+/t24-,25?/m0/s1. The molecule has 0 aromatic heterocycles. The van der Waals surface area contributed by atoms with E-state index in [0.717, 1.165) is 32.1 Å². The van der Waals surface area contributed by atoms with Gasteiger partial charge in [0.15, 0.2) is 0 Å². The highest BCUT2D eigenvalue weighted by molar-refractivity contribution is 5.76. The Morgan fingerprint density at radius 2 is 1.23 bits per heavy atom. The fourth-order valence-corrected chi connectivity index (χ4v) is 3.70. The maximum absolute atomic E-state index is 12.0. The van der Waals surface area contributed by atoms with Gasteiger partial charge in [0.25, 0.3) is 0 Å². The van der Waals surface area contributed by atoms with E-state index in [2.05, 4.69) is 19.2 Å². The summed E-state index contributed by atoms with van der Waals surface area (Å²) >= 11 is 0. The Labute approximate surface area is 186 Å². The number of carbonyl (C=O) groups excluding carboxylic acids is 1. The van der Waals surface area contributed by atoms with Gasteiger partial charge in [0.1, 0.15) is 0 Å². The van der Waals surface area contributed by atoms with Crippen molar-refractivity contribution in [3.8, 4) is 0 Å². The Kier molecular flexibility index (Phi) is 22.1. The Morgan fingerprint density at radius 3 is 1.73 bits per heavy atom. The first-order valence-corrected chi connectivity index (χ1v) is 12.9. The summed E-state index contributed by atoms with van der Waals surface area (Å²) in [6.45, 7) is 4.19. The molecule has 178 valence electrons. The third kappa shape index (κ3) is 19.1. The summed E-state index contributed by atoms with van der Waals surface area (Å²) in [4.78, 5) is 12.0. The molecule has 4 nitrogen and oxygen atoms in total. The fourth-order valence-electron chi connectivity index (χ4n) is 3.70. The van der Waals surface area contributed by atoms with Crippen molar-refractivity contribution < 1.29 is 15.0 Å². The lowest BCUT2D eigenvalue weighted by Crippen LogP contribution is -2.45. The van der Waals surface area contributed by atoms with Gasteiger partial charge in [-0.05, 0) is 19.3 Å². The third-order valence-electron chi connectivity index (χ3n) is 5.77. The molecule has 3 N–H and O–H groups in total. The average molecular weight is 426 g/mol. The zero-order chi connectivity index (χ0) is 22.3. The number of carbonyl (C=O) groups is 1. The van der Waals surface area contributed by atoms with Gasteiger partial charge in [-0.25, -0.2) is 0 Å². The summed E-state index contributed by atoms with van der Waals surface area (Å²) in [6.07, 6.45) is 24.4. The Balaban J connectivity index is 3.69. The van der Waals surface area contributed by atoms with Crippen molar-refractivity contribution in [1.29, 1.82) is 0 Å². The van der Waals surface area contributed by atoms with Gasteiger partial charge in [-0.3, -0.25) is 4.79 Å². The van der Waals surface area contributed by atoms with Crippen LogP contribution in [0.25, 0.3) is 0 Å². The lowest BCUT2D eigenvalue weighted by molar-refractivity contribution is -0.123. The molecule has 0 rings (SSSR count). The summed E-state index contributed by atoms with van der Waals surface area (Å²) < 4.78 is 0. The van der Waals surface area contributed by atoms with Gasteiger partial charge in [-0.15, -0.1) is 0 Å². The van der Waals surface area contributed by atoms with Gasteiger partial charge < -0.3 is 15.5 Å². The number of aliphatic hydroxyl groups is 2. The molecule has 0 heterocycles. The van der Waals surface area contributed by atoms with E-state index in [9.17, 15) is 15.0 Å². The third-order valence-corrected chi connectivity index (χ3v) is 5.77. The smallest absolute Gasteiger partial charge is 0.220 e. The largest absolute Gasteiger partial charge is 0.394 e. The minimum absolute atomic E-state index is 0.0802. The minimum Gasteiger partial charge on any atom is -0.394 e. The molecular formula is C26H51NO3. The summed E-state index contributed by atoms with van der Waals surface area (Å²) in [5.74, 6) is -0.0802. The summed E-state index contributed by atoms with van der Waals surface area (Å²) in [7, 11) is 0. The van der Waals surface area contributed by atoms with Crippen LogP contribution in [0.2, 0.25) is 0 Å². The second-order valence-electron chi connectivity index (χ2n) is 8.76. The number of aliphatic hydroxyl groups excluding tert-OH is 2. The van der Waals surface area contributed by atoms with Crippen LogP contribution in [0.1, 0.15) is 129 Å². The maximum atomic E-state index is 12.0. The molecule has 0 radical (unpaired) electrons. The van der Waals surface area contributed by atoms with E-state index in [0.29, 0.717) is 6.42 Å². The van der Waals surface area contributed by atoms with E-state index in [-0.39, 0.29) is 12.5 Å². The van der Waals surface area contributed by atoms with Crippen molar-refractivity contribution in [2.45, 2.75) is 142 Å². The van der Waals surface area contributed by atoms with E-state index in [1.165, 1.54) is 77.0 Å². The molecule has 0 aromatic carbocycles. The van der Waals surface area contributed by atoms with Crippen LogP contribution in [0.5, 0.6) is 0 Å². The molecule has 0 bridgehead atoms. The van der Waals surface area contributed by atoms with E-state index in [1.54, 1.807) is 6.08 Å². The first kappa shape index (κ1) is 29.1. The average Bonchev–Trinajstić information content (AvgIpc) is 2.75. The molecular weight excluding hydrogens is 374 g/mol. The number of nitrogens with one attached hydrogen (secondary N) is 1. The molecule has 0 aliphatic carbocycles. The fraction of sp³-hybridized carbons (Fsp3) is 0.885. The number of hydrogen-bond acceptors (Lipinski definition) is 3. The van der Waals surface area contributed by atoms with Crippen molar-refractivity contribution >= 4 is 5.91 Å². The highest BCUT2D eigenvalue weighted by atomic mass is 16.3. The Morgan fingerprint density at radius 1 is 0.767 bits per heavy atom. The molecule has 0 saturated carbocycles. The second-order valence-corrected chi connectivity index (χ2v) is 8.76. The van der Waals surface area contributed by atoms with Crippen molar-refractivity contribution in [1.82, 2.24) is 5.32 Å². The van der Waals surface area contributed by atoms with Crippen molar-refractivity contribution in [3.05, 3.63) is 12.2 Å². The summed E-state index contributed by atoms with van der Waals surface area (Å²) in [6, 6.07) is -0.610. The van der Waals surface area contributed by atoms with Gasteiger partial charge in [0.2, 0.25) is 5.91 Å². The quantitative estimate of drug-likeness (QED) is 0.138.